The molecular formula is C21H21F2N3O3S. The van der Waals surface area contributed by atoms with Gasteiger partial charge in [-0.3, -0.25) is 4.90 Å². The van der Waals surface area contributed by atoms with E-state index < -0.39 is 15.8 Å². The van der Waals surface area contributed by atoms with Crippen LogP contribution >= 0.6 is 0 Å². The maximum atomic E-state index is 13.1. The molecule has 0 bridgehead atoms. The fourth-order valence-electron chi connectivity index (χ4n) is 3.44. The monoisotopic (exact) mass is 433 g/mol. The van der Waals surface area contributed by atoms with E-state index in [4.69, 9.17) is 4.42 Å². The zero-order chi connectivity index (χ0) is 21.1. The van der Waals surface area contributed by atoms with Crippen molar-refractivity contribution < 1.29 is 21.6 Å². The fourth-order valence-corrected chi connectivity index (χ4v) is 4.90. The minimum atomic E-state index is -3.66. The highest BCUT2D eigenvalue weighted by molar-refractivity contribution is 7.89. The smallest absolute Gasteiger partial charge is 0.243 e. The summed E-state index contributed by atoms with van der Waals surface area (Å²) in [5.41, 5.74) is 1.42. The van der Waals surface area contributed by atoms with Crippen LogP contribution in [0.15, 0.2) is 64.1 Å². The van der Waals surface area contributed by atoms with Crippen LogP contribution in [0.1, 0.15) is 12.1 Å². The molecule has 0 unspecified atom stereocenters. The first-order valence-corrected chi connectivity index (χ1v) is 11.0. The van der Waals surface area contributed by atoms with Gasteiger partial charge in [0.2, 0.25) is 15.9 Å². The van der Waals surface area contributed by atoms with Crippen molar-refractivity contribution in [1.82, 2.24) is 14.2 Å². The van der Waals surface area contributed by atoms with Crippen LogP contribution in [0.3, 0.4) is 0 Å². The third kappa shape index (κ3) is 4.58. The minimum Gasteiger partial charge on any atom is -0.444 e. The normalized spacial score (nSPS) is 16.5. The van der Waals surface area contributed by atoms with E-state index in [2.05, 4.69) is 9.88 Å². The quantitative estimate of drug-likeness (QED) is 0.616. The van der Waals surface area contributed by atoms with Crippen molar-refractivity contribution in [1.29, 1.82) is 0 Å². The molecule has 2 aromatic carbocycles. The predicted octanol–water partition coefficient (Wildman–Crippen LogP) is 3.52. The lowest BCUT2D eigenvalue weighted by Crippen LogP contribution is -2.35. The van der Waals surface area contributed by atoms with Crippen LogP contribution in [0, 0.1) is 11.6 Å². The van der Waals surface area contributed by atoms with E-state index in [9.17, 15) is 17.2 Å². The molecule has 1 fully saturated rings. The Bertz CT molecular complexity index is 1100. The Morgan fingerprint density at radius 1 is 0.900 bits per heavy atom. The van der Waals surface area contributed by atoms with Crippen LogP contribution in [-0.2, 0) is 16.6 Å². The minimum absolute atomic E-state index is 0.0952. The van der Waals surface area contributed by atoms with Crippen molar-refractivity contribution in [2.45, 2.75) is 17.9 Å². The van der Waals surface area contributed by atoms with E-state index in [-0.39, 0.29) is 10.7 Å². The van der Waals surface area contributed by atoms with Gasteiger partial charge in [-0.25, -0.2) is 22.2 Å². The van der Waals surface area contributed by atoms with Crippen LogP contribution in [0.25, 0.3) is 11.5 Å². The first-order chi connectivity index (χ1) is 14.4. The predicted molar refractivity (Wildman–Crippen MR) is 107 cm³/mol. The van der Waals surface area contributed by atoms with Gasteiger partial charge in [-0.2, -0.15) is 4.31 Å². The molecule has 1 saturated heterocycles. The van der Waals surface area contributed by atoms with Gasteiger partial charge in [-0.15, -0.1) is 0 Å². The summed E-state index contributed by atoms with van der Waals surface area (Å²) in [6.07, 6.45) is 2.24. The molecule has 1 aliphatic heterocycles. The zero-order valence-electron chi connectivity index (χ0n) is 16.2. The summed E-state index contributed by atoms with van der Waals surface area (Å²) in [4.78, 5) is 6.67. The molecule has 0 atom stereocenters. The number of sulfonamides is 1. The SMILES string of the molecule is O=S(=O)(c1ccc(F)cc1)N1CCCN(Cc2coc(-c3ccc(F)cc3)n2)CC1. The zero-order valence-corrected chi connectivity index (χ0v) is 17.0. The second-order valence-corrected chi connectivity index (χ2v) is 9.08. The Morgan fingerprint density at radius 2 is 1.57 bits per heavy atom. The molecular weight excluding hydrogens is 412 g/mol. The second kappa shape index (κ2) is 8.63. The number of aromatic nitrogens is 1. The molecule has 30 heavy (non-hydrogen) atoms. The summed E-state index contributed by atoms with van der Waals surface area (Å²) in [7, 11) is -3.66. The van der Waals surface area contributed by atoms with E-state index in [1.807, 2.05) is 0 Å². The Morgan fingerprint density at radius 3 is 2.27 bits per heavy atom. The molecule has 1 aliphatic rings. The second-order valence-electron chi connectivity index (χ2n) is 7.14. The molecule has 0 N–H and O–H groups in total. The largest absolute Gasteiger partial charge is 0.444 e. The lowest BCUT2D eigenvalue weighted by molar-refractivity contribution is 0.275. The Balaban J connectivity index is 1.40. The number of hydrogen-bond acceptors (Lipinski definition) is 5. The summed E-state index contributed by atoms with van der Waals surface area (Å²) < 4.78 is 58.8. The van der Waals surface area contributed by atoms with Crippen molar-refractivity contribution >= 4 is 10.0 Å². The van der Waals surface area contributed by atoms with Crippen LogP contribution in [0.5, 0.6) is 0 Å². The fraction of sp³-hybridized carbons (Fsp3) is 0.286. The molecule has 0 amide bonds. The Kier molecular flexibility index (Phi) is 5.94. The van der Waals surface area contributed by atoms with Crippen molar-refractivity contribution in [2.24, 2.45) is 0 Å². The van der Waals surface area contributed by atoms with E-state index in [0.29, 0.717) is 50.6 Å². The number of rotatable bonds is 5. The molecule has 0 radical (unpaired) electrons. The Labute approximate surface area is 173 Å². The molecule has 0 saturated carbocycles. The van der Waals surface area contributed by atoms with E-state index >= 15 is 0 Å². The number of benzene rings is 2. The van der Waals surface area contributed by atoms with Gasteiger partial charge in [0.15, 0.2) is 0 Å². The van der Waals surface area contributed by atoms with Gasteiger partial charge >= 0.3 is 0 Å². The van der Waals surface area contributed by atoms with Gasteiger partial charge in [-0.05, 0) is 61.5 Å². The first kappa shape index (κ1) is 20.6. The first-order valence-electron chi connectivity index (χ1n) is 9.60. The summed E-state index contributed by atoms with van der Waals surface area (Å²) in [6.45, 7) is 2.51. The summed E-state index contributed by atoms with van der Waals surface area (Å²) in [5, 5.41) is 0. The maximum Gasteiger partial charge on any atom is 0.243 e. The van der Waals surface area contributed by atoms with Crippen LogP contribution in [-0.4, -0.2) is 48.8 Å². The van der Waals surface area contributed by atoms with Gasteiger partial charge in [0.25, 0.3) is 0 Å². The molecule has 0 spiro atoms. The Hall–Kier alpha value is -2.62. The average Bonchev–Trinajstić information content (AvgIpc) is 3.06. The van der Waals surface area contributed by atoms with Crippen LogP contribution in [0.2, 0.25) is 0 Å². The summed E-state index contributed by atoms with van der Waals surface area (Å²) >= 11 is 0. The number of nitrogens with zero attached hydrogens (tertiary/aromatic N) is 3. The third-order valence-electron chi connectivity index (χ3n) is 5.03. The topological polar surface area (TPSA) is 66.7 Å². The molecule has 9 heteroatoms. The number of oxazole rings is 1. The van der Waals surface area contributed by atoms with Crippen LogP contribution in [0.4, 0.5) is 8.78 Å². The molecule has 6 nitrogen and oxygen atoms in total. The van der Waals surface area contributed by atoms with Gasteiger partial charge in [0.1, 0.15) is 17.9 Å². The van der Waals surface area contributed by atoms with E-state index in [1.54, 1.807) is 18.4 Å². The van der Waals surface area contributed by atoms with Gasteiger partial charge < -0.3 is 4.42 Å². The van der Waals surface area contributed by atoms with E-state index in [1.165, 1.54) is 28.6 Å². The molecule has 1 aromatic heterocycles. The van der Waals surface area contributed by atoms with Crippen molar-refractivity contribution in [3.05, 3.63) is 72.1 Å². The van der Waals surface area contributed by atoms with Crippen molar-refractivity contribution in [2.75, 3.05) is 26.2 Å². The summed E-state index contributed by atoms with van der Waals surface area (Å²) in [5.74, 6) is -0.376. The lowest BCUT2D eigenvalue weighted by Gasteiger charge is -2.21. The highest BCUT2D eigenvalue weighted by Crippen LogP contribution is 2.21. The van der Waals surface area contributed by atoms with Gasteiger partial charge in [0.05, 0.1) is 10.6 Å². The molecule has 158 valence electrons. The maximum absolute atomic E-state index is 13.1. The third-order valence-corrected chi connectivity index (χ3v) is 6.94. The molecule has 0 aliphatic carbocycles. The van der Waals surface area contributed by atoms with Crippen molar-refractivity contribution in [3.8, 4) is 11.5 Å². The highest BCUT2D eigenvalue weighted by Gasteiger charge is 2.27. The summed E-state index contributed by atoms with van der Waals surface area (Å²) in [6, 6.07) is 10.8. The van der Waals surface area contributed by atoms with Gasteiger partial charge in [-0.1, -0.05) is 0 Å². The van der Waals surface area contributed by atoms with Crippen molar-refractivity contribution in [3.63, 3.8) is 0 Å². The number of hydrogen-bond donors (Lipinski definition) is 0. The molecule has 4 rings (SSSR count). The lowest BCUT2D eigenvalue weighted by atomic mass is 10.2. The standard InChI is InChI=1S/C21H21F2N3O3S/c22-17-4-2-16(3-5-17)21-24-19(15-29-21)14-25-10-1-11-26(13-12-25)30(27,28)20-8-6-18(23)7-9-20/h2-9,15H,1,10-14H2. The van der Waals surface area contributed by atoms with Crippen LogP contribution < -0.4 is 0 Å². The van der Waals surface area contributed by atoms with Gasteiger partial charge in [0, 0.05) is 31.7 Å². The number of halogens is 2. The molecule has 3 aromatic rings. The highest BCUT2D eigenvalue weighted by atomic mass is 32.2. The molecule has 2 heterocycles. The average molecular weight is 433 g/mol. The van der Waals surface area contributed by atoms with E-state index in [0.717, 1.165) is 17.8 Å².